The minimum atomic E-state index is -1.07. The van der Waals surface area contributed by atoms with Crippen molar-refractivity contribution in [1.82, 2.24) is 0 Å². The van der Waals surface area contributed by atoms with Crippen LogP contribution in [-0.4, -0.2) is 19.0 Å². The molecule has 0 radical (unpaired) electrons. The Morgan fingerprint density at radius 3 is 2.17 bits per heavy atom. The number of rotatable bonds is 5. The van der Waals surface area contributed by atoms with Gasteiger partial charge in [-0.05, 0) is 19.3 Å². The molecule has 0 aromatic carbocycles. The Bertz CT molecular complexity index is 146. The largest absolute Gasteiger partial charge is 1.00 e. The van der Waals surface area contributed by atoms with Gasteiger partial charge in [-0.1, -0.05) is 0 Å². The van der Waals surface area contributed by atoms with Crippen LogP contribution in [0.2, 0.25) is 0 Å². The van der Waals surface area contributed by atoms with Crippen LogP contribution in [0.25, 0.3) is 0 Å². The molecule has 0 saturated carbocycles. The number of carbonyl (C=O) groups is 2. The van der Waals surface area contributed by atoms with Crippen LogP contribution in [0.5, 0.6) is 0 Å². The van der Waals surface area contributed by atoms with Gasteiger partial charge in [0.1, 0.15) is 0 Å². The van der Waals surface area contributed by atoms with Gasteiger partial charge in [0.2, 0.25) is 0 Å². The van der Waals surface area contributed by atoms with Crippen molar-refractivity contribution < 1.29 is 49.0 Å². The summed E-state index contributed by atoms with van der Waals surface area (Å²) in [6.45, 7) is 0. The van der Waals surface area contributed by atoms with Crippen molar-refractivity contribution in [3.63, 3.8) is 0 Å². The zero-order chi connectivity index (χ0) is 8.69. The van der Waals surface area contributed by atoms with Crippen LogP contribution < -0.4 is 34.7 Å². The molecule has 12 heavy (non-hydrogen) atoms. The summed E-state index contributed by atoms with van der Waals surface area (Å²) < 4.78 is 4.36. The predicted octanol–water partition coefficient (Wildman–Crippen LogP) is -3.53. The molecule has 0 rings (SSSR count). The van der Waals surface area contributed by atoms with Gasteiger partial charge in [-0.2, -0.15) is 0 Å². The minimum absolute atomic E-state index is 0. The SMILES string of the molecule is COC(=O)CCCCC(=O)[O-].[Na+]. The van der Waals surface area contributed by atoms with Crippen LogP contribution in [0.4, 0.5) is 0 Å². The fourth-order valence-electron chi connectivity index (χ4n) is 0.641. The van der Waals surface area contributed by atoms with Gasteiger partial charge in [0.15, 0.2) is 0 Å². The monoisotopic (exact) mass is 182 g/mol. The predicted molar refractivity (Wildman–Crippen MR) is 35.5 cm³/mol. The first kappa shape index (κ1) is 14.5. The van der Waals surface area contributed by atoms with E-state index in [0.717, 1.165) is 0 Å². The molecule has 0 aliphatic rings. The third-order valence-corrected chi connectivity index (χ3v) is 1.24. The molecule has 0 unspecified atom stereocenters. The Labute approximate surface area is 93.6 Å². The summed E-state index contributed by atoms with van der Waals surface area (Å²) in [4.78, 5) is 20.4. The maximum absolute atomic E-state index is 10.5. The quantitative estimate of drug-likeness (QED) is 0.251. The normalized spacial score (nSPS) is 8.42. The van der Waals surface area contributed by atoms with E-state index in [1.54, 1.807) is 0 Å². The van der Waals surface area contributed by atoms with Gasteiger partial charge in [-0.25, -0.2) is 0 Å². The van der Waals surface area contributed by atoms with E-state index < -0.39 is 5.97 Å². The number of esters is 1. The minimum Gasteiger partial charge on any atom is -0.550 e. The smallest absolute Gasteiger partial charge is 0.550 e. The average Bonchev–Trinajstić information content (AvgIpc) is 1.97. The van der Waals surface area contributed by atoms with Crippen LogP contribution in [0, 0.1) is 0 Å². The molecule has 0 fully saturated rings. The van der Waals surface area contributed by atoms with Crippen molar-refractivity contribution in [2.75, 3.05) is 7.11 Å². The van der Waals surface area contributed by atoms with E-state index in [4.69, 9.17) is 0 Å². The van der Waals surface area contributed by atoms with E-state index in [0.29, 0.717) is 12.8 Å². The summed E-state index contributed by atoms with van der Waals surface area (Å²) in [7, 11) is 1.31. The fraction of sp³-hybridized carbons (Fsp3) is 0.714. The summed E-state index contributed by atoms with van der Waals surface area (Å²) in [6.07, 6.45) is 1.30. The third kappa shape index (κ3) is 9.94. The van der Waals surface area contributed by atoms with Crippen molar-refractivity contribution in [3.8, 4) is 0 Å². The molecule has 0 aromatic heterocycles. The number of methoxy groups -OCH3 is 1. The zero-order valence-corrected chi connectivity index (χ0v) is 9.46. The van der Waals surface area contributed by atoms with Crippen LogP contribution in [0.15, 0.2) is 0 Å². The van der Waals surface area contributed by atoms with Crippen molar-refractivity contribution in [1.29, 1.82) is 0 Å². The molecule has 0 aliphatic carbocycles. The standard InChI is InChI=1S/C7H12O4.Na/c1-11-7(10)5-3-2-4-6(8)9;/h2-5H2,1H3,(H,8,9);/q;+1/p-1. The van der Waals surface area contributed by atoms with Crippen LogP contribution in [-0.2, 0) is 14.3 Å². The van der Waals surface area contributed by atoms with Gasteiger partial charge in [-0.3, -0.25) is 4.79 Å². The summed E-state index contributed by atoms with van der Waals surface area (Å²) in [5.74, 6) is -1.38. The number of unbranched alkanes of at least 4 members (excludes halogenated alkanes) is 1. The topological polar surface area (TPSA) is 66.4 Å². The van der Waals surface area contributed by atoms with E-state index in [2.05, 4.69) is 4.74 Å². The number of carboxylic acids is 1. The van der Waals surface area contributed by atoms with E-state index >= 15 is 0 Å². The van der Waals surface area contributed by atoms with E-state index in [-0.39, 0.29) is 48.4 Å². The number of hydrogen-bond acceptors (Lipinski definition) is 4. The molecular formula is C7H11NaO4. The third-order valence-electron chi connectivity index (χ3n) is 1.24. The Morgan fingerprint density at radius 2 is 1.75 bits per heavy atom. The van der Waals surface area contributed by atoms with Gasteiger partial charge in [0.25, 0.3) is 0 Å². The van der Waals surface area contributed by atoms with E-state index in [1.807, 2.05) is 0 Å². The maximum Gasteiger partial charge on any atom is 1.00 e. The van der Waals surface area contributed by atoms with Crippen molar-refractivity contribution in [2.45, 2.75) is 25.7 Å². The molecule has 0 bridgehead atoms. The molecule has 0 spiro atoms. The van der Waals surface area contributed by atoms with Gasteiger partial charge in [0.05, 0.1) is 7.11 Å². The molecular weight excluding hydrogens is 171 g/mol. The van der Waals surface area contributed by atoms with Gasteiger partial charge in [0, 0.05) is 12.4 Å². The van der Waals surface area contributed by atoms with E-state index in [9.17, 15) is 14.7 Å². The van der Waals surface area contributed by atoms with E-state index in [1.165, 1.54) is 7.11 Å². The first-order chi connectivity index (χ1) is 5.16. The second-order valence-corrected chi connectivity index (χ2v) is 2.16. The molecule has 0 aromatic rings. The van der Waals surface area contributed by atoms with Crippen LogP contribution in [0.1, 0.15) is 25.7 Å². The number of ether oxygens (including phenoxy) is 1. The Hall–Kier alpha value is -0.0600. The number of hydrogen-bond donors (Lipinski definition) is 0. The first-order valence-corrected chi connectivity index (χ1v) is 3.43. The summed E-state index contributed by atoms with van der Waals surface area (Å²) in [5.41, 5.74) is 0. The van der Waals surface area contributed by atoms with Crippen LogP contribution in [0.3, 0.4) is 0 Å². The molecule has 0 saturated heterocycles. The molecule has 0 aliphatic heterocycles. The van der Waals surface area contributed by atoms with Crippen molar-refractivity contribution >= 4 is 11.9 Å². The molecule has 0 amide bonds. The molecule has 4 nitrogen and oxygen atoms in total. The van der Waals surface area contributed by atoms with Crippen molar-refractivity contribution in [2.24, 2.45) is 0 Å². The number of carboxylic acid groups (broad SMARTS) is 1. The second-order valence-electron chi connectivity index (χ2n) is 2.16. The van der Waals surface area contributed by atoms with Gasteiger partial charge < -0.3 is 14.6 Å². The summed E-state index contributed by atoms with van der Waals surface area (Å²) in [6, 6.07) is 0. The molecule has 0 atom stereocenters. The Balaban J connectivity index is 0. The van der Waals surface area contributed by atoms with Crippen LogP contribution >= 0.6 is 0 Å². The second kappa shape index (κ2) is 9.03. The summed E-state index contributed by atoms with van der Waals surface area (Å²) in [5, 5.41) is 9.89. The Kier molecular flexibility index (Phi) is 10.9. The fourth-order valence-corrected chi connectivity index (χ4v) is 0.641. The zero-order valence-electron chi connectivity index (χ0n) is 7.46. The average molecular weight is 182 g/mol. The molecule has 0 N–H and O–H groups in total. The number of carbonyl (C=O) groups excluding carboxylic acids is 2. The molecule has 64 valence electrons. The first-order valence-electron chi connectivity index (χ1n) is 3.43. The summed E-state index contributed by atoms with van der Waals surface area (Å²) >= 11 is 0. The van der Waals surface area contributed by atoms with Crippen molar-refractivity contribution in [3.05, 3.63) is 0 Å². The number of aliphatic carboxylic acids is 1. The molecule has 0 heterocycles. The molecule has 5 heteroatoms. The Morgan fingerprint density at radius 1 is 1.25 bits per heavy atom. The van der Waals surface area contributed by atoms with Gasteiger partial charge in [-0.15, -0.1) is 0 Å². The maximum atomic E-state index is 10.5. The van der Waals surface area contributed by atoms with Gasteiger partial charge >= 0.3 is 35.5 Å².